The maximum atomic E-state index is 13.2. The summed E-state index contributed by atoms with van der Waals surface area (Å²) in [4.78, 5) is 16.3. The molecular formula is C23H25F3N4O2. The molecule has 0 saturated carbocycles. The van der Waals surface area contributed by atoms with Crippen LogP contribution in [0, 0.1) is 0 Å². The van der Waals surface area contributed by atoms with Crippen LogP contribution >= 0.6 is 0 Å². The Bertz CT molecular complexity index is 1050. The summed E-state index contributed by atoms with van der Waals surface area (Å²) in [5.74, 6) is 0.158. The van der Waals surface area contributed by atoms with Gasteiger partial charge in [0.1, 0.15) is 0 Å². The highest BCUT2D eigenvalue weighted by Gasteiger charge is 2.31. The summed E-state index contributed by atoms with van der Waals surface area (Å²) in [6.07, 6.45) is -1.15. The molecule has 3 rings (SSSR count). The van der Waals surface area contributed by atoms with E-state index in [1.807, 2.05) is 0 Å². The monoisotopic (exact) mass is 446 g/mol. The number of rotatable bonds is 9. The van der Waals surface area contributed by atoms with Gasteiger partial charge in [0, 0.05) is 17.7 Å². The Morgan fingerprint density at radius 3 is 2.50 bits per heavy atom. The summed E-state index contributed by atoms with van der Waals surface area (Å²) >= 11 is 0. The molecule has 0 fully saturated rings. The van der Waals surface area contributed by atoms with Crippen LogP contribution in [0.4, 0.5) is 18.9 Å². The third kappa shape index (κ3) is 5.87. The summed E-state index contributed by atoms with van der Waals surface area (Å²) in [6.45, 7) is 4.16. The molecule has 170 valence electrons. The summed E-state index contributed by atoms with van der Waals surface area (Å²) in [6, 6.07) is 11.8. The molecule has 32 heavy (non-hydrogen) atoms. The van der Waals surface area contributed by atoms with Gasteiger partial charge in [0.05, 0.1) is 17.9 Å². The van der Waals surface area contributed by atoms with E-state index < -0.39 is 11.7 Å². The normalized spacial score (nSPS) is 11.4. The van der Waals surface area contributed by atoms with E-state index in [1.54, 1.807) is 31.2 Å². The lowest BCUT2D eigenvalue weighted by Crippen LogP contribution is -2.11. The van der Waals surface area contributed by atoms with Gasteiger partial charge in [0.15, 0.2) is 5.82 Å². The predicted molar refractivity (Wildman–Crippen MR) is 116 cm³/mol. The lowest BCUT2D eigenvalue weighted by atomic mass is 10.1. The number of unbranched alkanes of at least 4 members (excludes halogenated alkanes) is 2. The number of alkyl halides is 3. The molecule has 0 saturated heterocycles. The number of carbonyl (C=O) groups excluding carboxylic acids is 1. The van der Waals surface area contributed by atoms with Gasteiger partial charge in [-0.2, -0.15) is 18.2 Å². The van der Waals surface area contributed by atoms with Crippen LogP contribution in [0.1, 0.15) is 45.1 Å². The Kier molecular flexibility index (Phi) is 7.50. The number of benzene rings is 2. The van der Waals surface area contributed by atoms with Crippen LogP contribution in [0.5, 0.6) is 6.01 Å². The quantitative estimate of drug-likeness (QED) is 0.418. The van der Waals surface area contributed by atoms with Crippen molar-refractivity contribution in [2.45, 2.75) is 45.7 Å². The summed E-state index contributed by atoms with van der Waals surface area (Å²) in [5.41, 5.74) is 0.677. The minimum atomic E-state index is -4.47. The Balaban J connectivity index is 1.89. The highest BCUT2D eigenvalue weighted by molar-refractivity contribution is 5.90. The first-order valence-electron chi connectivity index (χ1n) is 10.5. The molecule has 1 heterocycles. The Morgan fingerprint density at radius 2 is 1.84 bits per heavy atom. The molecule has 0 radical (unpaired) electrons. The predicted octanol–water partition coefficient (Wildman–Crippen LogP) is 5.87. The van der Waals surface area contributed by atoms with E-state index in [-0.39, 0.29) is 23.3 Å². The second kappa shape index (κ2) is 10.3. The van der Waals surface area contributed by atoms with E-state index in [0.29, 0.717) is 24.4 Å². The van der Waals surface area contributed by atoms with Crippen molar-refractivity contribution in [3.05, 3.63) is 54.1 Å². The van der Waals surface area contributed by atoms with Crippen LogP contribution in [-0.2, 0) is 11.0 Å². The number of halogens is 3. The SMILES string of the molecule is CCCCCC(=O)Nc1ccc(-n2nc(OCC)nc2-c2cccc(C(F)(F)F)c2)cc1. The van der Waals surface area contributed by atoms with Crippen molar-refractivity contribution in [1.29, 1.82) is 0 Å². The minimum Gasteiger partial charge on any atom is -0.463 e. The van der Waals surface area contributed by atoms with E-state index in [1.165, 1.54) is 16.8 Å². The van der Waals surface area contributed by atoms with E-state index in [2.05, 4.69) is 22.3 Å². The van der Waals surface area contributed by atoms with Crippen LogP contribution in [0.2, 0.25) is 0 Å². The molecule has 9 heteroatoms. The number of nitrogens with zero attached hydrogens (tertiary/aromatic N) is 3. The van der Waals surface area contributed by atoms with Crippen molar-refractivity contribution >= 4 is 11.6 Å². The lowest BCUT2D eigenvalue weighted by Gasteiger charge is -2.10. The molecule has 0 bridgehead atoms. The second-order valence-corrected chi connectivity index (χ2v) is 7.19. The third-order valence-electron chi connectivity index (χ3n) is 4.71. The molecule has 6 nitrogen and oxygen atoms in total. The zero-order chi connectivity index (χ0) is 23.1. The van der Waals surface area contributed by atoms with Gasteiger partial charge in [-0.15, -0.1) is 5.10 Å². The fourth-order valence-electron chi connectivity index (χ4n) is 3.13. The van der Waals surface area contributed by atoms with E-state index in [9.17, 15) is 18.0 Å². The highest BCUT2D eigenvalue weighted by atomic mass is 19.4. The van der Waals surface area contributed by atoms with E-state index in [0.717, 1.165) is 31.4 Å². The average Bonchev–Trinajstić information content (AvgIpc) is 3.18. The summed E-state index contributed by atoms with van der Waals surface area (Å²) < 4.78 is 46.3. The first-order valence-corrected chi connectivity index (χ1v) is 10.5. The van der Waals surface area contributed by atoms with Crippen molar-refractivity contribution in [3.8, 4) is 23.1 Å². The molecular weight excluding hydrogens is 421 g/mol. The molecule has 0 spiro atoms. The summed E-state index contributed by atoms with van der Waals surface area (Å²) in [7, 11) is 0. The average molecular weight is 446 g/mol. The number of amides is 1. The fraction of sp³-hybridized carbons (Fsp3) is 0.348. The molecule has 0 atom stereocenters. The maximum Gasteiger partial charge on any atom is 0.416 e. The van der Waals surface area contributed by atoms with Crippen molar-refractivity contribution in [3.63, 3.8) is 0 Å². The van der Waals surface area contributed by atoms with Gasteiger partial charge in [-0.3, -0.25) is 4.79 Å². The van der Waals surface area contributed by atoms with Gasteiger partial charge >= 0.3 is 12.2 Å². The van der Waals surface area contributed by atoms with Gasteiger partial charge in [0.25, 0.3) is 0 Å². The van der Waals surface area contributed by atoms with Crippen molar-refractivity contribution in [2.75, 3.05) is 11.9 Å². The van der Waals surface area contributed by atoms with E-state index >= 15 is 0 Å². The molecule has 1 amide bonds. The van der Waals surface area contributed by atoms with Crippen LogP contribution in [-0.4, -0.2) is 27.3 Å². The molecule has 1 aromatic heterocycles. The Hall–Kier alpha value is -3.36. The van der Waals surface area contributed by atoms with Gasteiger partial charge < -0.3 is 10.1 Å². The highest BCUT2D eigenvalue weighted by Crippen LogP contribution is 2.33. The zero-order valence-electron chi connectivity index (χ0n) is 17.9. The molecule has 0 aliphatic heterocycles. The Morgan fingerprint density at radius 1 is 1.09 bits per heavy atom. The van der Waals surface area contributed by atoms with Crippen LogP contribution in [0.25, 0.3) is 17.1 Å². The smallest absolute Gasteiger partial charge is 0.416 e. The van der Waals surface area contributed by atoms with Crippen LogP contribution < -0.4 is 10.1 Å². The Labute approximate surface area is 184 Å². The molecule has 0 aliphatic rings. The lowest BCUT2D eigenvalue weighted by molar-refractivity contribution is -0.137. The molecule has 0 unspecified atom stereocenters. The largest absolute Gasteiger partial charge is 0.463 e. The van der Waals surface area contributed by atoms with Crippen molar-refractivity contribution in [1.82, 2.24) is 14.8 Å². The van der Waals surface area contributed by atoms with Crippen molar-refractivity contribution < 1.29 is 22.7 Å². The third-order valence-corrected chi connectivity index (χ3v) is 4.71. The van der Waals surface area contributed by atoms with Gasteiger partial charge in [-0.25, -0.2) is 4.68 Å². The number of ether oxygens (including phenoxy) is 1. The molecule has 2 aromatic carbocycles. The van der Waals surface area contributed by atoms with Gasteiger partial charge in [-0.1, -0.05) is 31.9 Å². The van der Waals surface area contributed by atoms with E-state index in [4.69, 9.17) is 4.74 Å². The standard InChI is InChI=1S/C23H25F3N4O2/c1-3-5-6-10-20(31)27-18-11-13-19(14-12-18)30-21(28-22(29-30)32-4-2)16-8-7-9-17(15-16)23(24,25)26/h7-9,11-15H,3-6,10H2,1-2H3,(H,27,31). The number of carbonyl (C=O) groups is 1. The maximum absolute atomic E-state index is 13.2. The molecule has 1 N–H and O–H groups in total. The number of aromatic nitrogens is 3. The fourth-order valence-corrected chi connectivity index (χ4v) is 3.13. The number of hydrogen-bond donors (Lipinski definition) is 1. The van der Waals surface area contributed by atoms with Gasteiger partial charge in [-0.05, 0) is 49.7 Å². The van der Waals surface area contributed by atoms with Crippen LogP contribution in [0.15, 0.2) is 48.5 Å². The van der Waals surface area contributed by atoms with Gasteiger partial charge in [0.2, 0.25) is 5.91 Å². The summed E-state index contributed by atoms with van der Waals surface area (Å²) in [5, 5.41) is 7.14. The number of anilines is 1. The van der Waals surface area contributed by atoms with Crippen LogP contribution in [0.3, 0.4) is 0 Å². The zero-order valence-corrected chi connectivity index (χ0v) is 17.9. The minimum absolute atomic E-state index is 0.0600. The number of hydrogen-bond acceptors (Lipinski definition) is 4. The first-order chi connectivity index (χ1) is 15.3. The first kappa shape index (κ1) is 23.3. The molecule has 3 aromatic rings. The topological polar surface area (TPSA) is 69.0 Å². The molecule has 0 aliphatic carbocycles. The number of nitrogens with one attached hydrogen (secondary N) is 1. The van der Waals surface area contributed by atoms with Crippen molar-refractivity contribution in [2.24, 2.45) is 0 Å². The second-order valence-electron chi connectivity index (χ2n) is 7.19.